The van der Waals surface area contributed by atoms with Crippen LogP contribution in [0.4, 0.5) is 0 Å². The molecule has 0 N–H and O–H groups in total. The van der Waals surface area contributed by atoms with E-state index in [-0.39, 0.29) is 0 Å². The average molecular weight is 1050 g/mol. The smallest absolute Gasteiger partial charge is 0.101 e. The molecule has 0 unspecified atom stereocenters. The van der Waals surface area contributed by atoms with E-state index in [0.29, 0.717) is 11.1 Å². The van der Waals surface area contributed by atoms with Crippen LogP contribution >= 0.6 is 22.7 Å². The minimum Gasteiger partial charge on any atom is -0.306 e. The molecule has 6 heteroatoms. The summed E-state index contributed by atoms with van der Waals surface area (Å²) >= 11 is 3.57. The number of nitrogens with zero attached hydrogens (tertiary/aromatic N) is 4. The Kier molecular flexibility index (Phi) is 10.4. The average Bonchev–Trinajstić information content (AvgIpc) is 4.46. The summed E-state index contributed by atoms with van der Waals surface area (Å²) in [6.45, 7) is 0. The molecular weight excluding hydrogens is 1010 g/mol. The van der Waals surface area contributed by atoms with Crippen LogP contribution in [-0.4, -0.2) is 9.13 Å². The molecule has 4 heterocycles. The fourth-order valence-corrected chi connectivity index (χ4v) is 15.2. The summed E-state index contributed by atoms with van der Waals surface area (Å²) in [4.78, 5) is 0. The predicted octanol–water partition coefficient (Wildman–Crippen LogP) is 20.7. The third-order valence-corrected chi connectivity index (χ3v) is 18.6. The highest BCUT2D eigenvalue weighted by Crippen LogP contribution is 2.51. The quantitative estimate of drug-likeness (QED) is 0.160. The molecule has 0 aliphatic carbocycles. The molecule has 16 aromatic rings. The van der Waals surface area contributed by atoms with Crippen molar-refractivity contribution in [3.05, 3.63) is 266 Å². The van der Waals surface area contributed by atoms with Gasteiger partial charge in [0.25, 0.3) is 0 Å². The summed E-state index contributed by atoms with van der Waals surface area (Å²) < 4.78 is 9.41. The van der Waals surface area contributed by atoms with Gasteiger partial charge >= 0.3 is 0 Å². The largest absolute Gasteiger partial charge is 0.306 e. The van der Waals surface area contributed by atoms with Crippen LogP contribution < -0.4 is 0 Å². The van der Waals surface area contributed by atoms with Crippen molar-refractivity contribution in [2.24, 2.45) is 0 Å². The van der Waals surface area contributed by atoms with Crippen LogP contribution in [0.15, 0.2) is 255 Å². The Balaban J connectivity index is 1.10. The van der Waals surface area contributed by atoms with E-state index in [1.54, 1.807) is 22.7 Å². The molecule has 0 bridgehead atoms. The molecule has 0 aliphatic heterocycles. The first-order valence-electron chi connectivity index (χ1n) is 26.8. The zero-order chi connectivity index (χ0) is 53.0. The highest BCUT2D eigenvalue weighted by Gasteiger charge is 2.30. The van der Waals surface area contributed by atoms with E-state index in [2.05, 4.69) is 264 Å². The molecular formula is C74H42N4S2. The second-order valence-electron chi connectivity index (χ2n) is 20.5. The van der Waals surface area contributed by atoms with Crippen LogP contribution in [0.1, 0.15) is 11.1 Å². The fraction of sp³-hybridized carbons (Fsp3) is 0. The molecule has 0 fully saturated rings. The molecule has 4 nitrogen and oxygen atoms in total. The first-order chi connectivity index (χ1) is 39.6. The van der Waals surface area contributed by atoms with Crippen molar-refractivity contribution in [2.75, 3.05) is 0 Å². The second-order valence-corrected chi connectivity index (χ2v) is 22.6. The molecule has 16 rings (SSSR count). The molecule has 370 valence electrons. The molecule has 4 aromatic heterocycles. The van der Waals surface area contributed by atoms with Gasteiger partial charge in [-0.05, 0) is 80.4 Å². The van der Waals surface area contributed by atoms with E-state index < -0.39 is 0 Å². The Hall–Kier alpha value is -10.3. The number of thiophene rings is 2. The van der Waals surface area contributed by atoms with Crippen LogP contribution in [0, 0.1) is 22.7 Å². The number of hydrogen-bond donors (Lipinski definition) is 0. The number of benzene rings is 12. The van der Waals surface area contributed by atoms with Gasteiger partial charge in [0.15, 0.2) is 0 Å². The number of rotatable bonds is 7. The maximum absolute atomic E-state index is 11.9. The Morgan fingerprint density at radius 2 is 0.637 bits per heavy atom. The molecule has 12 aromatic carbocycles. The maximum atomic E-state index is 11.9. The van der Waals surface area contributed by atoms with Crippen molar-refractivity contribution >= 4 is 107 Å². The van der Waals surface area contributed by atoms with Gasteiger partial charge in [0.1, 0.15) is 12.1 Å². The molecule has 0 saturated heterocycles. The minimum atomic E-state index is 0.404. The summed E-state index contributed by atoms with van der Waals surface area (Å²) in [5, 5.41) is 32.7. The lowest BCUT2D eigenvalue weighted by Gasteiger charge is -2.23. The topological polar surface area (TPSA) is 57.4 Å². The van der Waals surface area contributed by atoms with Gasteiger partial charge in [-0.3, -0.25) is 0 Å². The maximum Gasteiger partial charge on any atom is 0.101 e. The fourth-order valence-electron chi connectivity index (χ4n) is 12.7. The van der Waals surface area contributed by atoms with E-state index in [1.165, 1.54) is 20.2 Å². The summed E-state index contributed by atoms with van der Waals surface area (Å²) in [5.41, 5.74) is 16.8. The Labute approximate surface area is 468 Å². The summed E-state index contributed by atoms with van der Waals surface area (Å²) in [5.74, 6) is 0. The Bertz CT molecular complexity index is 5010. The van der Waals surface area contributed by atoms with Gasteiger partial charge in [-0.2, -0.15) is 10.5 Å². The van der Waals surface area contributed by atoms with Crippen molar-refractivity contribution in [1.29, 1.82) is 10.5 Å². The van der Waals surface area contributed by atoms with Crippen molar-refractivity contribution < 1.29 is 0 Å². The van der Waals surface area contributed by atoms with E-state index in [1.807, 2.05) is 12.1 Å². The number of fused-ring (bicyclic) bond motifs is 14. The van der Waals surface area contributed by atoms with Crippen LogP contribution in [0.5, 0.6) is 0 Å². The molecule has 80 heavy (non-hydrogen) atoms. The van der Waals surface area contributed by atoms with Gasteiger partial charge < -0.3 is 9.13 Å². The first-order valence-corrected chi connectivity index (χ1v) is 28.4. The second kappa shape index (κ2) is 18.1. The van der Waals surface area contributed by atoms with Gasteiger partial charge in [0.2, 0.25) is 0 Å². The van der Waals surface area contributed by atoms with E-state index in [0.717, 1.165) is 131 Å². The molecule has 0 saturated carbocycles. The summed E-state index contributed by atoms with van der Waals surface area (Å²) in [6, 6.07) is 96.2. The first kappa shape index (κ1) is 45.8. The van der Waals surface area contributed by atoms with Crippen molar-refractivity contribution in [3.63, 3.8) is 0 Å². The van der Waals surface area contributed by atoms with Crippen LogP contribution in [0.25, 0.3) is 151 Å². The van der Waals surface area contributed by atoms with Crippen molar-refractivity contribution in [2.45, 2.75) is 0 Å². The van der Waals surface area contributed by atoms with E-state index in [9.17, 15) is 10.5 Å². The molecule has 0 radical (unpaired) electrons. The zero-order valence-corrected chi connectivity index (χ0v) is 44.5. The van der Waals surface area contributed by atoms with Gasteiger partial charge in [0.05, 0.1) is 54.0 Å². The Morgan fingerprint density at radius 3 is 1.06 bits per heavy atom. The van der Waals surface area contributed by atoms with Crippen LogP contribution in [-0.2, 0) is 0 Å². The van der Waals surface area contributed by atoms with Gasteiger partial charge in [-0.15, -0.1) is 22.7 Å². The van der Waals surface area contributed by atoms with Crippen LogP contribution in [0.2, 0.25) is 0 Å². The Morgan fingerprint density at radius 1 is 0.287 bits per heavy atom. The van der Waals surface area contributed by atoms with Gasteiger partial charge in [0, 0.05) is 58.1 Å². The highest BCUT2D eigenvalue weighted by atomic mass is 32.1. The minimum absolute atomic E-state index is 0.404. The molecule has 0 amide bonds. The number of aromatic nitrogens is 2. The lowest BCUT2D eigenvalue weighted by molar-refractivity contribution is 1.13. The highest BCUT2D eigenvalue weighted by molar-refractivity contribution is 7.27. The number of nitriles is 2. The zero-order valence-electron chi connectivity index (χ0n) is 42.9. The van der Waals surface area contributed by atoms with Gasteiger partial charge in [-0.25, -0.2) is 0 Å². The van der Waals surface area contributed by atoms with Gasteiger partial charge in [-0.1, -0.05) is 224 Å². The van der Waals surface area contributed by atoms with Crippen molar-refractivity contribution in [1.82, 2.24) is 9.13 Å². The third-order valence-electron chi connectivity index (χ3n) is 16.2. The monoisotopic (exact) mass is 1050 g/mol. The lowest BCUT2D eigenvalue weighted by Crippen LogP contribution is -2.09. The molecule has 0 atom stereocenters. The number of hydrogen-bond acceptors (Lipinski definition) is 4. The van der Waals surface area contributed by atoms with Crippen molar-refractivity contribution in [3.8, 4) is 79.1 Å². The molecule has 0 spiro atoms. The summed E-state index contributed by atoms with van der Waals surface area (Å²) in [6.07, 6.45) is 0. The lowest BCUT2D eigenvalue weighted by atomic mass is 9.93. The van der Waals surface area contributed by atoms with Crippen LogP contribution in [0.3, 0.4) is 0 Å². The van der Waals surface area contributed by atoms with E-state index in [4.69, 9.17) is 0 Å². The summed E-state index contributed by atoms with van der Waals surface area (Å²) in [7, 11) is 0. The SMILES string of the molecule is N#Cc1cc(C#N)c(-n2c3cc(-c4ccccc4-c4ccccc4)ccc3c3ccc4c5ccccc5sc4c32)c(-c2ccccc2)c1-n1c2cc(-c3ccccc3-c3ccccc3)ccc2c2ccc3c4ccccc4sc3c21. The third kappa shape index (κ3) is 6.84. The predicted molar refractivity (Wildman–Crippen MR) is 338 cm³/mol. The molecule has 0 aliphatic rings. The normalized spacial score (nSPS) is 11.7. The van der Waals surface area contributed by atoms with E-state index >= 15 is 0 Å². The standard InChI is InChI=1S/C74H42N4S2/c75-43-50-40-51(44-76)70(78-65-42-49(55-27-13-11-25-53(55)46-20-6-2-7-21-46)33-35-57(65)61-37-39-63-59-29-15-17-31-67(59)80-74(63)72(61)78)68(47-22-8-3-9-23-47)69(50)77-64-41-48(54-26-12-10-24-52(54)45-18-4-1-5-19-45)32-34-56(64)60-36-38-62-58-28-14-16-30-66(58)79-73(62)71(60)77/h1-42H.